The maximum absolute atomic E-state index is 5.96. The Bertz CT molecular complexity index is 665. The Balaban J connectivity index is 2.01. The number of benzene rings is 1. The van der Waals surface area contributed by atoms with Gasteiger partial charge in [-0.15, -0.1) is 0 Å². The fourth-order valence-electron chi connectivity index (χ4n) is 1.74. The average molecular weight is 228 g/mol. The van der Waals surface area contributed by atoms with Gasteiger partial charge in [-0.05, 0) is 12.1 Å². The van der Waals surface area contributed by atoms with Gasteiger partial charge in [0, 0.05) is 24.7 Å². The summed E-state index contributed by atoms with van der Waals surface area (Å²) >= 11 is 0. The number of anilines is 3. The molecule has 3 aromatic rings. The molecule has 0 aliphatic rings. The van der Waals surface area contributed by atoms with E-state index in [1.807, 2.05) is 31.4 Å². The van der Waals surface area contributed by atoms with Crippen molar-refractivity contribution < 1.29 is 0 Å². The SMILES string of the molecule is Cn1ccc(Nc2cc3[nH]ncc3cc2N)n1. The Hall–Kier alpha value is -2.50. The minimum absolute atomic E-state index is 0.671. The summed E-state index contributed by atoms with van der Waals surface area (Å²) < 4.78 is 1.73. The van der Waals surface area contributed by atoms with E-state index in [4.69, 9.17) is 5.73 Å². The summed E-state index contributed by atoms with van der Waals surface area (Å²) in [6.45, 7) is 0. The largest absolute Gasteiger partial charge is 0.397 e. The van der Waals surface area contributed by atoms with E-state index < -0.39 is 0 Å². The van der Waals surface area contributed by atoms with Crippen molar-refractivity contribution in [2.75, 3.05) is 11.1 Å². The average Bonchev–Trinajstić information content (AvgIpc) is 2.88. The number of nitrogens with zero attached hydrogens (tertiary/aromatic N) is 3. The molecule has 4 N–H and O–H groups in total. The molecule has 0 saturated heterocycles. The first kappa shape index (κ1) is 9.71. The van der Waals surface area contributed by atoms with Crippen LogP contribution in [0.25, 0.3) is 10.9 Å². The fourth-order valence-corrected chi connectivity index (χ4v) is 1.74. The third-order valence-electron chi connectivity index (χ3n) is 2.59. The third-order valence-corrected chi connectivity index (χ3v) is 2.59. The minimum Gasteiger partial charge on any atom is -0.397 e. The molecule has 0 spiro atoms. The van der Waals surface area contributed by atoms with Crippen LogP contribution in [0.4, 0.5) is 17.2 Å². The second kappa shape index (κ2) is 3.51. The summed E-state index contributed by atoms with van der Waals surface area (Å²) in [6.07, 6.45) is 3.61. The van der Waals surface area contributed by atoms with Gasteiger partial charge in [-0.3, -0.25) is 9.78 Å². The summed E-state index contributed by atoms with van der Waals surface area (Å²) in [4.78, 5) is 0. The molecule has 6 heteroatoms. The molecule has 0 radical (unpaired) electrons. The first-order valence-corrected chi connectivity index (χ1v) is 5.21. The molecule has 0 atom stereocenters. The molecule has 0 fully saturated rings. The van der Waals surface area contributed by atoms with Crippen LogP contribution in [0.1, 0.15) is 0 Å². The van der Waals surface area contributed by atoms with E-state index in [-0.39, 0.29) is 0 Å². The zero-order valence-electron chi connectivity index (χ0n) is 9.31. The van der Waals surface area contributed by atoms with Crippen molar-refractivity contribution in [3.05, 3.63) is 30.6 Å². The molecule has 6 nitrogen and oxygen atoms in total. The van der Waals surface area contributed by atoms with E-state index in [1.165, 1.54) is 0 Å². The van der Waals surface area contributed by atoms with Crippen molar-refractivity contribution in [2.45, 2.75) is 0 Å². The molecular formula is C11H12N6. The van der Waals surface area contributed by atoms with Crippen LogP contribution in [0.5, 0.6) is 0 Å². The van der Waals surface area contributed by atoms with E-state index in [2.05, 4.69) is 20.6 Å². The van der Waals surface area contributed by atoms with Crippen LogP contribution in [0.15, 0.2) is 30.6 Å². The van der Waals surface area contributed by atoms with Gasteiger partial charge in [0.25, 0.3) is 0 Å². The second-order valence-electron chi connectivity index (χ2n) is 3.90. The number of nitrogen functional groups attached to an aromatic ring is 1. The summed E-state index contributed by atoms with van der Waals surface area (Å²) in [5.41, 5.74) is 8.39. The summed E-state index contributed by atoms with van der Waals surface area (Å²) in [5.74, 6) is 0.762. The number of rotatable bonds is 2. The van der Waals surface area contributed by atoms with Gasteiger partial charge in [-0.25, -0.2) is 0 Å². The van der Waals surface area contributed by atoms with Crippen LogP contribution in [0.3, 0.4) is 0 Å². The van der Waals surface area contributed by atoms with Crippen LogP contribution < -0.4 is 11.1 Å². The lowest BCUT2D eigenvalue weighted by molar-refractivity contribution is 0.771. The number of fused-ring (bicyclic) bond motifs is 1. The summed E-state index contributed by atoms with van der Waals surface area (Å²) in [6, 6.07) is 5.69. The van der Waals surface area contributed by atoms with Crippen molar-refractivity contribution >= 4 is 28.1 Å². The first-order chi connectivity index (χ1) is 8.22. The molecule has 1 aromatic carbocycles. The van der Waals surface area contributed by atoms with Gasteiger partial charge in [-0.2, -0.15) is 10.2 Å². The zero-order chi connectivity index (χ0) is 11.8. The highest BCUT2D eigenvalue weighted by Crippen LogP contribution is 2.26. The number of H-pyrrole nitrogens is 1. The lowest BCUT2D eigenvalue weighted by atomic mass is 10.2. The van der Waals surface area contributed by atoms with Crippen LogP contribution in [-0.2, 0) is 7.05 Å². The normalized spacial score (nSPS) is 10.9. The maximum atomic E-state index is 5.96. The van der Waals surface area contributed by atoms with E-state index in [1.54, 1.807) is 10.9 Å². The molecule has 0 aliphatic heterocycles. The second-order valence-corrected chi connectivity index (χ2v) is 3.90. The lowest BCUT2D eigenvalue weighted by Gasteiger charge is -2.06. The molecule has 2 heterocycles. The number of nitrogens with two attached hydrogens (primary N) is 1. The van der Waals surface area contributed by atoms with Gasteiger partial charge < -0.3 is 11.1 Å². The van der Waals surface area contributed by atoms with Gasteiger partial charge in [0.05, 0.1) is 23.1 Å². The van der Waals surface area contributed by atoms with Crippen LogP contribution >= 0.6 is 0 Å². The third kappa shape index (κ3) is 1.69. The molecule has 0 aliphatic carbocycles. The smallest absolute Gasteiger partial charge is 0.152 e. The monoisotopic (exact) mass is 228 g/mol. The molecule has 86 valence electrons. The van der Waals surface area contributed by atoms with Crippen LogP contribution in [0, 0.1) is 0 Å². The van der Waals surface area contributed by atoms with Crippen LogP contribution in [-0.4, -0.2) is 20.0 Å². The highest BCUT2D eigenvalue weighted by atomic mass is 15.3. The standard InChI is InChI=1S/C11H12N6/c1-17-3-2-11(16-17)14-10-5-9-7(4-8(10)12)6-13-15-9/h2-6H,12H2,1H3,(H,13,15)(H,14,16). The summed E-state index contributed by atoms with van der Waals surface area (Å²) in [7, 11) is 1.87. The molecular weight excluding hydrogens is 216 g/mol. The number of hydrogen-bond donors (Lipinski definition) is 3. The van der Waals surface area contributed by atoms with Gasteiger partial charge in [-0.1, -0.05) is 0 Å². The fraction of sp³-hybridized carbons (Fsp3) is 0.0909. The Labute approximate surface area is 97.4 Å². The number of nitrogens with one attached hydrogen (secondary N) is 2. The molecule has 17 heavy (non-hydrogen) atoms. The highest BCUT2D eigenvalue weighted by Gasteiger charge is 2.05. The minimum atomic E-state index is 0.671. The molecule has 3 rings (SSSR count). The quantitative estimate of drug-likeness (QED) is 0.582. The number of aromatic amines is 1. The molecule has 0 unspecified atom stereocenters. The molecule has 0 bridgehead atoms. The van der Waals surface area contributed by atoms with Crippen molar-refractivity contribution in [2.24, 2.45) is 7.05 Å². The Kier molecular flexibility index (Phi) is 2.01. The number of aromatic nitrogens is 4. The van der Waals surface area contributed by atoms with Gasteiger partial charge in [0.1, 0.15) is 0 Å². The van der Waals surface area contributed by atoms with Crippen molar-refractivity contribution in [3.63, 3.8) is 0 Å². The molecule has 2 aromatic heterocycles. The van der Waals surface area contributed by atoms with E-state index >= 15 is 0 Å². The van der Waals surface area contributed by atoms with E-state index in [9.17, 15) is 0 Å². The Morgan fingerprint density at radius 2 is 2.29 bits per heavy atom. The zero-order valence-corrected chi connectivity index (χ0v) is 9.31. The maximum Gasteiger partial charge on any atom is 0.152 e. The van der Waals surface area contributed by atoms with Crippen LogP contribution in [0.2, 0.25) is 0 Å². The van der Waals surface area contributed by atoms with E-state index in [0.29, 0.717) is 5.69 Å². The topological polar surface area (TPSA) is 84.5 Å². The number of hydrogen-bond acceptors (Lipinski definition) is 4. The predicted octanol–water partition coefficient (Wildman–Crippen LogP) is 1.62. The van der Waals surface area contributed by atoms with Gasteiger partial charge >= 0.3 is 0 Å². The van der Waals surface area contributed by atoms with Crippen molar-refractivity contribution in [1.82, 2.24) is 20.0 Å². The number of aryl methyl sites for hydroxylation is 1. The molecule has 0 amide bonds. The molecule has 0 saturated carbocycles. The van der Waals surface area contributed by atoms with E-state index in [0.717, 1.165) is 22.4 Å². The van der Waals surface area contributed by atoms with Gasteiger partial charge in [0.2, 0.25) is 0 Å². The van der Waals surface area contributed by atoms with Gasteiger partial charge in [0.15, 0.2) is 5.82 Å². The van der Waals surface area contributed by atoms with Crippen molar-refractivity contribution in [3.8, 4) is 0 Å². The Morgan fingerprint density at radius 1 is 1.41 bits per heavy atom. The first-order valence-electron chi connectivity index (χ1n) is 5.21. The Morgan fingerprint density at radius 3 is 3.06 bits per heavy atom. The summed E-state index contributed by atoms with van der Waals surface area (Å²) in [5, 5.41) is 15.3. The lowest BCUT2D eigenvalue weighted by Crippen LogP contribution is -1.97. The highest BCUT2D eigenvalue weighted by molar-refractivity contribution is 5.89. The predicted molar refractivity (Wildman–Crippen MR) is 67.0 cm³/mol. The van der Waals surface area contributed by atoms with Crippen molar-refractivity contribution in [1.29, 1.82) is 0 Å².